The molecule has 2 atom stereocenters. The zero-order valence-corrected chi connectivity index (χ0v) is 16.3. The number of carboxylic acids is 1. The van der Waals surface area contributed by atoms with Crippen molar-refractivity contribution in [2.24, 2.45) is 5.73 Å². The van der Waals surface area contributed by atoms with E-state index in [0.717, 1.165) is 19.3 Å². The van der Waals surface area contributed by atoms with E-state index in [1.54, 1.807) is 0 Å². The molecule has 0 rings (SSSR count). The van der Waals surface area contributed by atoms with Gasteiger partial charge in [-0.25, -0.2) is 0 Å². The molecular weight excluding hydrogens is 318 g/mol. The number of carbonyl (C=O) groups excluding carboxylic acids is 1. The highest BCUT2D eigenvalue weighted by atomic mass is 16.5. The van der Waals surface area contributed by atoms with Gasteiger partial charge in [-0.2, -0.15) is 0 Å². The molecule has 0 spiro atoms. The number of hydrogen-bond acceptors (Lipinski definition) is 4. The Hall–Kier alpha value is -1.10. The maximum atomic E-state index is 11.6. The van der Waals surface area contributed by atoms with E-state index in [1.165, 1.54) is 71.1 Å². The second-order valence-electron chi connectivity index (χ2n) is 7.05. The first-order valence-corrected chi connectivity index (χ1v) is 10.2. The molecule has 5 nitrogen and oxygen atoms in total. The summed E-state index contributed by atoms with van der Waals surface area (Å²) < 4.78 is 5.04. The average Bonchev–Trinajstić information content (AvgIpc) is 2.58. The van der Waals surface area contributed by atoms with Crippen LogP contribution in [0.2, 0.25) is 0 Å². The summed E-state index contributed by atoms with van der Waals surface area (Å²) >= 11 is 0. The molecule has 0 saturated heterocycles. The highest BCUT2D eigenvalue weighted by Crippen LogP contribution is 2.13. The Labute approximate surface area is 153 Å². The number of ether oxygens (including phenoxy) is 1. The van der Waals surface area contributed by atoms with E-state index in [1.807, 2.05) is 0 Å². The van der Waals surface area contributed by atoms with Gasteiger partial charge in [-0.1, -0.05) is 84.0 Å². The first kappa shape index (κ1) is 23.9. The van der Waals surface area contributed by atoms with Gasteiger partial charge in [0.2, 0.25) is 0 Å². The van der Waals surface area contributed by atoms with Crippen molar-refractivity contribution in [3.05, 3.63) is 0 Å². The van der Waals surface area contributed by atoms with Crippen molar-refractivity contribution in [1.82, 2.24) is 0 Å². The molecule has 5 heteroatoms. The zero-order valence-electron chi connectivity index (χ0n) is 16.3. The van der Waals surface area contributed by atoms with Gasteiger partial charge in [-0.15, -0.1) is 0 Å². The van der Waals surface area contributed by atoms with E-state index in [0.29, 0.717) is 6.42 Å². The standard InChI is InChI=1S/C20H39NO4/c1-3-4-5-6-7-8-9-10-11-12-13-14-15-16-18(22)25-17(2)19(21)20(23)24/h17,19H,3-16,21H2,1-2H3,(H,23,24)/t17?,19-/m0/s1. The van der Waals surface area contributed by atoms with Crippen LogP contribution in [0.1, 0.15) is 104 Å². The molecule has 0 saturated carbocycles. The third-order valence-corrected chi connectivity index (χ3v) is 4.59. The summed E-state index contributed by atoms with van der Waals surface area (Å²) in [6.07, 6.45) is 15.9. The molecule has 0 aromatic rings. The topological polar surface area (TPSA) is 89.6 Å². The summed E-state index contributed by atoms with van der Waals surface area (Å²) in [7, 11) is 0. The molecule has 1 unspecified atom stereocenters. The van der Waals surface area contributed by atoms with Gasteiger partial charge in [0.25, 0.3) is 0 Å². The summed E-state index contributed by atoms with van der Waals surface area (Å²) in [6, 6.07) is -1.16. The number of hydrogen-bond donors (Lipinski definition) is 2. The van der Waals surface area contributed by atoms with Crippen LogP contribution in [0.15, 0.2) is 0 Å². The first-order valence-electron chi connectivity index (χ1n) is 10.2. The second-order valence-corrected chi connectivity index (χ2v) is 7.05. The summed E-state index contributed by atoms with van der Waals surface area (Å²) in [6.45, 7) is 3.76. The lowest BCUT2D eigenvalue weighted by Gasteiger charge is -2.16. The van der Waals surface area contributed by atoms with Gasteiger partial charge in [-0.3, -0.25) is 9.59 Å². The Morgan fingerprint density at radius 1 is 0.840 bits per heavy atom. The lowest BCUT2D eigenvalue weighted by atomic mass is 10.0. The van der Waals surface area contributed by atoms with Gasteiger partial charge in [0, 0.05) is 6.42 Å². The van der Waals surface area contributed by atoms with E-state index in [-0.39, 0.29) is 5.97 Å². The Morgan fingerprint density at radius 2 is 1.24 bits per heavy atom. The van der Waals surface area contributed by atoms with Crippen LogP contribution in [0.4, 0.5) is 0 Å². The summed E-state index contributed by atoms with van der Waals surface area (Å²) in [5.74, 6) is -1.51. The number of rotatable bonds is 17. The van der Waals surface area contributed by atoms with Crippen LogP contribution in [0.25, 0.3) is 0 Å². The van der Waals surface area contributed by atoms with Crippen LogP contribution < -0.4 is 5.73 Å². The molecule has 0 aliphatic rings. The van der Waals surface area contributed by atoms with Gasteiger partial charge in [0.1, 0.15) is 12.1 Å². The number of nitrogens with two attached hydrogens (primary N) is 1. The first-order chi connectivity index (χ1) is 12.0. The molecular formula is C20H39NO4. The molecule has 0 radical (unpaired) electrons. The quantitative estimate of drug-likeness (QED) is 0.288. The molecule has 25 heavy (non-hydrogen) atoms. The summed E-state index contributed by atoms with van der Waals surface area (Å²) in [5.41, 5.74) is 5.41. The molecule has 148 valence electrons. The van der Waals surface area contributed by atoms with Gasteiger partial charge >= 0.3 is 11.9 Å². The third-order valence-electron chi connectivity index (χ3n) is 4.59. The van der Waals surface area contributed by atoms with Crippen molar-refractivity contribution in [3.63, 3.8) is 0 Å². The minimum absolute atomic E-state index is 0.342. The molecule has 0 aromatic heterocycles. The molecule has 0 amide bonds. The van der Waals surface area contributed by atoms with E-state index in [9.17, 15) is 9.59 Å². The average molecular weight is 358 g/mol. The van der Waals surface area contributed by atoms with Crippen LogP contribution in [-0.4, -0.2) is 29.2 Å². The predicted octanol–water partition coefficient (Wildman–Crippen LogP) is 4.81. The molecule has 0 aliphatic heterocycles. The van der Waals surface area contributed by atoms with Crippen molar-refractivity contribution in [3.8, 4) is 0 Å². The number of unbranched alkanes of at least 4 members (excludes halogenated alkanes) is 12. The van der Waals surface area contributed by atoms with Crippen molar-refractivity contribution in [2.75, 3.05) is 0 Å². The largest absolute Gasteiger partial charge is 0.480 e. The fraction of sp³-hybridized carbons (Fsp3) is 0.900. The smallest absolute Gasteiger partial charge is 0.324 e. The summed E-state index contributed by atoms with van der Waals surface area (Å²) in [4.78, 5) is 22.3. The van der Waals surface area contributed by atoms with Gasteiger partial charge in [-0.05, 0) is 13.3 Å². The second kappa shape index (κ2) is 16.4. The van der Waals surface area contributed by atoms with Crippen molar-refractivity contribution < 1.29 is 19.4 Å². The van der Waals surface area contributed by atoms with Crippen LogP contribution in [-0.2, 0) is 14.3 Å². The SMILES string of the molecule is CCCCCCCCCCCCCCCC(=O)OC(C)[C@H](N)C(=O)O. The fourth-order valence-electron chi connectivity index (χ4n) is 2.83. The fourth-order valence-corrected chi connectivity index (χ4v) is 2.83. The Kier molecular flexibility index (Phi) is 15.7. The van der Waals surface area contributed by atoms with Gasteiger partial charge in [0.05, 0.1) is 0 Å². The molecule has 0 aromatic carbocycles. The lowest BCUT2D eigenvalue weighted by Crippen LogP contribution is -2.42. The third kappa shape index (κ3) is 14.9. The Bertz CT molecular complexity index is 347. The van der Waals surface area contributed by atoms with Crippen molar-refractivity contribution in [1.29, 1.82) is 0 Å². The van der Waals surface area contributed by atoms with E-state index in [2.05, 4.69) is 6.92 Å². The number of aliphatic carboxylic acids is 1. The van der Waals surface area contributed by atoms with E-state index >= 15 is 0 Å². The summed E-state index contributed by atoms with van der Waals surface area (Å²) in [5, 5.41) is 8.75. The highest BCUT2D eigenvalue weighted by molar-refractivity contribution is 5.75. The van der Waals surface area contributed by atoms with Crippen molar-refractivity contribution in [2.45, 2.75) is 116 Å². The zero-order chi connectivity index (χ0) is 18.9. The Morgan fingerprint density at radius 3 is 1.64 bits per heavy atom. The van der Waals surface area contributed by atoms with Crippen molar-refractivity contribution >= 4 is 11.9 Å². The maximum absolute atomic E-state index is 11.6. The number of carboxylic acid groups (broad SMARTS) is 1. The van der Waals surface area contributed by atoms with Gasteiger partial charge in [0.15, 0.2) is 0 Å². The van der Waals surface area contributed by atoms with E-state index in [4.69, 9.17) is 15.6 Å². The van der Waals surface area contributed by atoms with Gasteiger partial charge < -0.3 is 15.6 Å². The minimum Gasteiger partial charge on any atom is -0.480 e. The van der Waals surface area contributed by atoms with Crippen LogP contribution >= 0.6 is 0 Å². The van der Waals surface area contributed by atoms with Crippen LogP contribution in [0.5, 0.6) is 0 Å². The molecule has 0 bridgehead atoms. The number of carbonyl (C=O) groups is 2. The molecule has 0 aliphatic carbocycles. The lowest BCUT2D eigenvalue weighted by molar-refractivity contribution is -0.153. The molecule has 3 N–H and O–H groups in total. The molecule has 0 fully saturated rings. The number of esters is 1. The van der Waals surface area contributed by atoms with Crippen LogP contribution in [0, 0.1) is 0 Å². The Balaban J connectivity index is 3.35. The normalized spacial score (nSPS) is 13.4. The minimum atomic E-state index is -1.16. The van der Waals surface area contributed by atoms with Crippen LogP contribution in [0.3, 0.4) is 0 Å². The predicted molar refractivity (Wildman–Crippen MR) is 101 cm³/mol. The van der Waals surface area contributed by atoms with E-state index < -0.39 is 18.1 Å². The monoisotopic (exact) mass is 357 g/mol. The maximum Gasteiger partial charge on any atom is 0.324 e. The molecule has 0 heterocycles. The highest BCUT2D eigenvalue weighted by Gasteiger charge is 2.23.